The fraction of sp³-hybridized carbons (Fsp3) is 0.333. The minimum absolute atomic E-state index is 0.360. The van der Waals surface area contributed by atoms with Gasteiger partial charge in [-0.3, -0.25) is 10.1 Å². The van der Waals surface area contributed by atoms with Crippen LogP contribution in [-0.4, -0.2) is 27.3 Å². The molecule has 0 bridgehead atoms. The number of rotatable bonds is 3. The van der Waals surface area contributed by atoms with Crippen molar-refractivity contribution >= 4 is 16.6 Å². The number of aromatic nitrogens is 3. The van der Waals surface area contributed by atoms with Crippen molar-refractivity contribution in [3.8, 4) is 11.1 Å². The first-order valence-electron chi connectivity index (χ1n) is 8.11. The molecule has 0 saturated heterocycles. The number of nitrogens with one attached hydrogen (secondary N) is 2. The minimum Gasteiger partial charge on any atom is -0.381 e. The molecule has 0 unspecified atom stereocenters. The van der Waals surface area contributed by atoms with Gasteiger partial charge in [-0.2, -0.15) is 5.10 Å². The third kappa shape index (κ3) is 2.92. The van der Waals surface area contributed by atoms with Crippen molar-refractivity contribution in [2.24, 2.45) is 5.73 Å². The van der Waals surface area contributed by atoms with Crippen LogP contribution in [0, 0.1) is 6.07 Å². The van der Waals surface area contributed by atoms with E-state index in [1.807, 2.05) is 18.5 Å². The monoisotopic (exact) mass is 306 g/mol. The summed E-state index contributed by atoms with van der Waals surface area (Å²) in [6.45, 7) is 0. The summed E-state index contributed by atoms with van der Waals surface area (Å²) in [5.74, 6) is 0. The second-order valence-corrected chi connectivity index (χ2v) is 6.25. The maximum absolute atomic E-state index is 6.00. The molecule has 117 valence electrons. The van der Waals surface area contributed by atoms with Gasteiger partial charge in [0.1, 0.15) is 0 Å². The summed E-state index contributed by atoms with van der Waals surface area (Å²) in [4.78, 5) is 4.43. The molecule has 4 rings (SSSR count). The van der Waals surface area contributed by atoms with Crippen LogP contribution in [0.1, 0.15) is 25.7 Å². The van der Waals surface area contributed by atoms with E-state index in [-0.39, 0.29) is 0 Å². The van der Waals surface area contributed by atoms with Gasteiger partial charge in [-0.25, -0.2) is 0 Å². The maximum atomic E-state index is 6.00. The van der Waals surface area contributed by atoms with Gasteiger partial charge < -0.3 is 11.1 Å². The van der Waals surface area contributed by atoms with Gasteiger partial charge in [0.05, 0.1) is 17.4 Å². The van der Waals surface area contributed by atoms with E-state index < -0.39 is 0 Å². The SMILES string of the molecule is NC1CCC(Nc2[c]cnc3ccc(-c4cn[nH]c4)cc23)CC1. The van der Waals surface area contributed by atoms with E-state index in [0.29, 0.717) is 12.1 Å². The van der Waals surface area contributed by atoms with Gasteiger partial charge in [0.2, 0.25) is 0 Å². The lowest BCUT2D eigenvalue weighted by atomic mass is 9.91. The largest absolute Gasteiger partial charge is 0.381 e. The smallest absolute Gasteiger partial charge is 0.0723 e. The van der Waals surface area contributed by atoms with Crippen LogP contribution in [0.2, 0.25) is 0 Å². The van der Waals surface area contributed by atoms with Gasteiger partial charge in [0.25, 0.3) is 0 Å². The Labute approximate surface area is 135 Å². The molecule has 0 amide bonds. The van der Waals surface area contributed by atoms with Gasteiger partial charge in [-0.15, -0.1) is 0 Å². The molecule has 2 aromatic heterocycles. The normalized spacial score (nSPS) is 21.4. The zero-order valence-electron chi connectivity index (χ0n) is 12.9. The third-order valence-corrected chi connectivity index (χ3v) is 4.63. The molecule has 1 radical (unpaired) electrons. The third-order valence-electron chi connectivity index (χ3n) is 4.63. The average Bonchev–Trinajstić information content (AvgIpc) is 3.11. The second kappa shape index (κ2) is 6.01. The van der Waals surface area contributed by atoms with Gasteiger partial charge in [0, 0.05) is 41.5 Å². The Balaban J connectivity index is 1.67. The molecule has 1 saturated carbocycles. The number of hydrogen-bond donors (Lipinski definition) is 3. The summed E-state index contributed by atoms with van der Waals surface area (Å²) in [6, 6.07) is 10.4. The van der Waals surface area contributed by atoms with E-state index in [0.717, 1.165) is 53.4 Å². The molecule has 4 N–H and O–H groups in total. The topological polar surface area (TPSA) is 79.6 Å². The summed E-state index contributed by atoms with van der Waals surface area (Å²) in [6.07, 6.45) is 9.87. The standard InChI is InChI=1S/C18H20N5/c19-14-2-4-15(5-3-14)23-18-7-8-20-17-6-1-12(9-16(17)18)13-10-21-22-11-13/h1,6,8-11,14-15H,2-5,19H2,(H,20,23)(H,21,22). The number of nitrogens with zero attached hydrogens (tertiary/aromatic N) is 2. The van der Waals surface area contributed by atoms with Crippen molar-refractivity contribution in [2.75, 3.05) is 5.32 Å². The molecule has 1 aliphatic rings. The lowest BCUT2D eigenvalue weighted by Crippen LogP contribution is -2.32. The van der Waals surface area contributed by atoms with Crippen molar-refractivity contribution in [1.29, 1.82) is 0 Å². The fourth-order valence-electron chi connectivity index (χ4n) is 3.27. The number of benzene rings is 1. The molecular formula is C18H20N5. The van der Waals surface area contributed by atoms with Crippen molar-refractivity contribution < 1.29 is 0 Å². The highest BCUT2D eigenvalue weighted by molar-refractivity contribution is 5.94. The Hall–Kier alpha value is -2.40. The molecule has 0 aliphatic heterocycles. The number of H-pyrrole nitrogens is 1. The number of pyridine rings is 1. The lowest BCUT2D eigenvalue weighted by molar-refractivity contribution is 0.411. The average molecular weight is 306 g/mol. The molecule has 0 atom stereocenters. The summed E-state index contributed by atoms with van der Waals surface area (Å²) in [5.41, 5.74) is 10.2. The number of nitrogens with two attached hydrogens (primary N) is 1. The quantitative estimate of drug-likeness (QED) is 0.694. The van der Waals surface area contributed by atoms with E-state index in [4.69, 9.17) is 5.73 Å². The van der Waals surface area contributed by atoms with Crippen molar-refractivity contribution in [1.82, 2.24) is 15.2 Å². The molecule has 23 heavy (non-hydrogen) atoms. The van der Waals surface area contributed by atoms with Gasteiger partial charge >= 0.3 is 0 Å². The Morgan fingerprint density at radius 3 is 2.83 bits per heavy atom. The van der Waals surface area contributed by atoms with Crippen LogP contribution in [0.3, 0.4) is 0 Å². The zero-order valence-corrected chi connectivity index (χ0v) is 12.9. The van der Waals surface area contributed by atoms with E-state index in [2.05, 4.69) is 38.7 Å². The van der Waals surface area contributed by atoms with Crippen molar-refractivity contribution in [2.45, 2.75) is 37.8 Å². The molecule has 0 spiro atoms. The van der Waals surface area contributed by atoms with E-state index >= 15 is 0 Å². The van der Waals surface area contributed by atoms with Crippen LogP contribution >= 0.6 is 0 Å². The van der Waals surface area contributed by atoms with Crippen LogP contribution in [0.25, 0.3) is 22.0 Å². The Morgan fingerprint density at radius 2 is 2.04 bits per heavy atom. The van der Waals surface area contributed by atoms with Crippen molar-refractivity contribution in [3.05, 3.63) is 42.9 Å². The molecule has 5 heteroatoms. The van der Waals surface area contributed by atoms with E-state index in [1.165, 1.54) is 0 Å². The Bertz CT molecular complexity index is 788. The Morgan fingerprint density at radius 1 is 1.17 bits per heavy atom. The highest BCUT2D eigenvalue weighted by Gasteiger charge is 2.19. The Kier molecular flexibility index (Phi) is 3.71. The highest BCUT2D eigenvalue weighted by atomic mass is 15.1. The maximum Gasteiger partial charge on any atom is 0.0723 e. The number of hydrogen-bond acceptors (Lipinski definition) is 4. The van der Waals surface area contributed by atoms with Crippen LogP contribution in [0.15, 0.2) is 36.8 Å². The first kappa shape index (κ1) is 14.2. The van der Waals surface area contributed by atoms with E-state index in [9.17, 15) is 0 Å². The zero-order chi connectivity index (χ0) is 15.6. The molecule has 1 aliphatic carbocycles. The van der Waals surface area contributed by atoms with Gasteiger partial charge in [-0.1, -0.05) is 6.07 Å². The number of anilines is 1. The molecular weight excluding hydrogens is 286 g/mol. The fourth-order valence-corrected chi connectivity index (χ4v) is 3.27. The number of fused-ring (bicyclic) bond motifs is 1. The lowest BCUT2D eigenvalue weighted by Gasteiger charge is -2.28. The molecule has 1 fully saturated rings. The summed E-state index contributed by atoms with van der Waals surface area (Å²) < 4.78 is 0. The highest BCUT2D eigenvalue weighted by Crippen LogP contribution is 2.29. The van der Waals surface area contributed by atoms with Gasteiger partial charge in [-0.05, 0) is 43.4 Å². The van der Waals surface area contributed by atoms with Crippen molar-refractivity contribution in [3.63, 3.8) is 0 Å². The summed E-state index contributed by atoms with van der Waals surface area (Å²) in [7, 11) is 0. The predicted molar refractivity (Wildman–Crippen MR) is 92.0 cm³/mol. The molecule has 2 heterocycles. The summed E-state index contributed by atoms with van der Waals surface area (Å²) >= 11 is 0. The van der Waals surface area contributed by atoms with E-state index in [1.54, 1.807) is 6.20 Å². The van der Waals surface area contributed by atoms with Crippen LogP contribution in [0.5, 0.6) is 0 Å². The predicted octanol–water partition coefficient (Wildman–Crippen LogP) is 3.11. The second-order valence-electron chi connectivity index (χ2n) is 6.25. The van der Waals surface area contributed by atoms with Gasteiger partial charge in [0.15, 0.2) is 0 Å². The molecule has 3 aromatic rings. The number of aromatic amines is 1. The van der Waals surface area contributed by atoms with Crippen LogP contribution in [-0.2, 0) is 0 Å². The van der Waals surface area contributed by atoms with Crippen LogP contribution in [0.4, 0.5) is 5.69 Å². The minimum atomic E-state index is 0.360. The molecule has 5 nitrogen and oxygen atoms in total. The molecule has 1 aromatic carbocycles. The summed E-state index contributed by atoms with van der Waals surface area (Å²) in [5, 5.41) is 11.6. The van der Waals surface area contributed by atoms with Crippen LogP contribution < -0.4 is 11.1 Å². The first-order chi connectivity index (χ1) is 11.3. The first-order valence-corrected chi connectivity index (χ1v) is 8.11.